The Morgan fingerprint density at radius 1 is 1.33 bits per heavy atom. The molecule has 1 heterocycles. The van der Waals surface area contributed by atoms with E-state index >= 15 is 0 Å². The van der Waals surface area contributed by atoms with Gasteiger partial charge in [-0.3, -0.25) is 4.79 Å². The Bertz CT molecular complexity index is 628. The number of fused-ring (bicyclic) bond motifs is 1. The maximum atomic E-state index is 12.2. The van der Waals surface area contributed by atoms with Crippen LogP contribution >= 0.6 is 0 Å². The second-order valence-corrected chi connectivity index (χ2v) is 6.75. The minimum atomic E-state index is -3.54. The molecule has 1 aromatic rings. The van der Waals surface area contributed by atoms with Crippen molar-refractivity contribution in [3.8, 4) is 0 Å². The number of hydrogen-bond acceptors (Lipinski definition) is 4. The summed E-state index contributed by atoms with van der Waals surface area (Å²) in [6.07, 6.45) is 1.92. The third kappa shape index (κ3) is 3.61. The number of nitrogens with one attached hydrogen (secondary N) is 1. The first kappa shape index (κ1) is 15.9. The number of benzene rings is 1. The van der Waals surface area contributed by atoms with Crippen molar-refractivity contribution >= 4 is 21.6 Å². The van der Waals surface area contributed by atoms with Gasteiger partial charge in [0.05, 0.1) is 11.5 Å². The van der Waals surface area contributed by atoms with Crippen LogP contribution in [-0.4, -0.2) is 41.6 Å². The van der Waals surface area contributed by atoms with Gasteiger partial charge in [0.1, 0.15) is 0 Å². The van der Waals surface area contributed by atoms with Gasteiger partial charge in [0.25, 0.3) is 0 Å². The minimum absolute atomic E-state index is 0.0579. The van der Waals surface area contributed by atoms with Gasteiger partial charge < -0.3 is 9.64 Å². The van der Waals surface area contributed by atoms with Crippen molar-refractivity contribution in [3.63, 3.8) is 0 Å². The molecule has 0 aromatic heterocycles. The number of aryl methyl sites for hydroxylation is 1. The van der Waals surface area contributed by atoms with E-state index in [0.29, 0.717) is 19.4 Å². The van der Waals surface area contributed by atoms with Gasteiger partial charge in [-0.05, 0) is 36.6 Å². The zero-order valence-electron chi connectivity index (χ0n) is 12.3. The summed E-state index contributed by atoms with van der Waals surface area (Å²) >= 11 is 0. The van der Waals surface area contributed by atoms with E-state index in [9.17, 15) is 13.2 Å². The fourth-order valence-electron chi connectivity index (χ4n) is 2.35. The summed E-state index contributed by atoms with van der Waals surface area (Å²) in [6, 6.07) is 4.88. The SMILES string of the molecule is COCCNS(=O)(=O)c1ccc2c(c1)CCCC(=O)N2C. The van der Waals surface area contributed by atoms with Gasteiger partial charge in [-0.15, -0.1) is 0 Å². The Kier molecular flexibility index (Phi) is 4.97. The summed E-state index contributed by atoms with van der Waals surface area (Å²) in [5.41, 5.74) is 1.67. The molecule has 1 aliphatic heterocycles. The lowest BCUT2D eigenvalue weighted by Crippen LogP contribution is -2.28. The molecule has 0 radical (unpaired) electrons. The van der Waals surface area contributed by atoms with E-state index in [-0.39, 0.29) is 17.3 Å². The van der Waals surface area contributed by atoms with E-state index in [1.807, 2.05) is 0 Å². The first-order chi connectivity index (χ1) is 9.95. The quantitative estimate of drug-likeness (QED) is 0.820. The molecular weight excluding hydrogens is 292 g/mol. The average Bonchev–Trinajstić information content (AvgIpc) is 2.59. The van der Waals surface area contributed by atoms with Crippen LogP contribution in [0.15, 0.2) is 23.1 Å². The van der Waals surface area contributed by atoms with Crippen LogP contribution in [0.25, 0.3) is 0 Å². The van der Waals surface area contributed by atoms with E-state index in [4.69, 9.17) is 4.74 Å². The number of anilines is 1. The van der Waals surface area contributed by atoms with Crippen molar-refractivity contribution in [2.45, 2.75) is 24.2 Å². The lowest BCUT2D eigenvalue weighted by molar-refractivity contribution is -0.118. The average molecular weight is 312 g/mol. The summed E-state index contributed by atoms with van der Waals surface area (Å²) in [7, 11) is -0.305. The van der Waals surface area contributed by atoms with Crippen molar-refractivity contribution in [1.82, 2.24) is 4.72 Å². The van der Waals surface area contributed by atoms with Gasteiger partial charge in [-0.25, -0.2) is 13.1 Å². The van der Waals surface area contributed by atoms with Crippen LogP contribution in [-0.2, 0) is 26.0 Å². The highest BCUT2D eigenvalue weighted by Gasteiger charge is 2.21. The topological polar surface area (TPSA) is 75.7 Å². The Balaban J connectivity index is 2.28. The largest absolute Gasteiger partial charge is 0.383 e. The number of rotatable bonds is 5. The Morgan fingerprint density at radius 3 is 2.81 bits per heavy atom. The fourth-order valence-corrected chi connectivity index (χ4v) is 3.41. The molecular formula is C14H20N2O4S. The number of ether oxygens (including phenoxy) is 1. The molecule has 1 N–H and O–H groups in total. The molecule has 7 heteroatoms. The lowest BCUT2D eigenvalue weighted by atomic mass is 10.1. The first-order valence-electron chi connectivity index (χ1n) is 6.84. The molecule has 0 saturated carbocycles. The number of carbonyl (C=O) groups excluding carboxylic acids is 1. The van der Waals surface area contributed by atoms with Gasteiger partial charge in [-0.1, -0.05) is 0 Å². The Hall–Kier alpha value is -1.44. The standard InChI is InChI=1S/C14H20N2O4S/c1-16-13-7-6-12(21(18,19)15-8-9-20-2)10-11(13)4-3-5-14(16)17/h6-7,10,15H,3-5,8-9H2,1-2H3. The maximum Gasteiger partial charge on any atom is 0.240 e. The number of amides is 1. The first-order valence-corrected chi connectivity index (χ1v) is 8.32. The van der Waals surface area contributed by atoms with E-state index in [1.54, 1.807) is 24.1 Å². The van der Waals surface area contributed by atoms with Crippen LogP contribution < -0.4 is 9.62 Å². The molecule has 0 atom stereocenters. The molecule has 1 amide bonds. The smallest absolute Gasteiger partial charge is 0.240 e. The van der Waals surface area contributed by atoms with Crippen LogP contribution in [0.4, 0.5) is 5.69 Å². The summed E-state index contributed by atoms with van der Waals surface area (Å²) in [4.78, 5) is 13.6. The molecule has 0 aliphatic carbocycles. The zero-order chi connectivity index (χ0) is 15.5. The van der Waals surface area contributed by atoms with Crippen LogP contribution in [0.2, 0.25) is 0 Å². The Morgan fingerprint density at radius 2 is 2.10 bits per heavy atom. The summed E-state index contributed by atoms with van der Waals surface area (Å²) in [5, 5.41) is 0. The molecule has 0 spiro atoms. The van der Waals surface area contributed by atoms with Gasteiger partial charge in [0.2, 0.25) is 15.9 Å². The van der Waals surface area contributed by atoms with Crippen LogP contribution in [0, 0.1) is 0 Å². The van der Waals surface area contributed by atoms with Gasteiger partial charge >= 0.3 is 0 Å². The molecule has 0 fully saturated rings. The van der Waals surface area contributed by atoms with E-state index in [2.05, 4.69) is 4.72 Å². The third-order valence-electron chi connectivity index (χ3n) is 3.53. The monoisotopic (exact) mass is 312 g/mol. The van der Waals surface area contributed by atoms with Gasteiger partial charge in [0.15, 0.2) is 0 Å². The highest BCUT2D eigenvalue weighted by molar-refractivity contribution is 7.89. The molecule has 2 rings (SSSR count). The number of methoxy groups -OCH3 is 1. The zero-order valence-corrected chi connectivity index (χ0v) is 13.1. The van der Waals surface area contributed by atoms with Gasteiger partial charge in [-0.2, -0.15) is 0 Å². The predicted octanol–water partition coefficient (Wildman–Crippen LogP) is 0.910. The molecule has 1 aromatic carbocycles. The maximum absolute atomic E-state index is 12.2. The summed E-state index contributed by atoms with van der Waals surface area (Å²) in [5.74, 6) is 0.0579. The van der Waals surface area contributed by atoms with Crippen LogP contribution in [0.1, 0.15) is 18.4 Å². The normalized spacial score (nSPS) is 15.7. The Labute approximate surface area is 125 Å². The van der Waals surface area contributed by atoms with Crippen molar-refractivity contribution < 1.29 is 17.9 Å². The van der Waals surface area contributed by atoms with E-state index in [1.165, 1.54) is 13.2 Å². The third-order valence-corrected chi connectivity index (χ3v) is 4.99. The van der Waals surface area contributed by atoms with Crippen molar-refractivity contribution in [3.05, 3.63) is 23.8 Å². The van der Waals surface area contributed by atoms with E-state index in [0.717, 1.165) is 17.7 Å². The van der Waals surface area contributed by atoms with Crippen molar-refractivity contribution in [2.24, 2.45) is 0 Å². The molecule has 0 unspecified atom stereocenters. The predicted molar refractivity (Wildman–Crippen MR) is 79.9 cm³/mol. The molecule has 6 nitrogen and oxygen atoms in total. The summed E-state index contributed by atoms with van der Waals surface area (Å²) < 4.78 is 31.7. The summed E-state index contributed by atoms with van der Waals surface area (Å²) in [6.45, 7) is 0.551. The number of sulfonamides is 1. The number of hydrogen-bond donors (Lipinski definition) is 1. The lowest BCUT2D eigenvalue weighted by Gasteiger charge is -2.18. The van der Waals surface area contributed by atoms with Gasteiger partial charge in [0, 0.05) is 32.8 Å². The highest BCUT2D eigenvalue weighted by atomic mass is 32.2. The molecule has 1 aliphatic rings. The highest BCUT2D eigenvalue weighted by Crippen LogP contribution is 2.28. The number of nitrogens with zero attached hydrogens (tertiary/aromatic N) is 1. The van der Waals surface area contributed by atoms with Crippen molar-refractivity contribution in [2.75, 3.05) is 32.2 Å². The van der Waals surface area contributed by atoms with Crippen LogP contribution in [0.3, 0.4) is 0 Å². The van der Waals surface area contributed by atoms with E-state index < -0.39 is 10.0 Å². The fraction of sp³-hybridized carbons (Fsp3) is 0.500. The molecule has 21 heavy (non-hydrogen) atoms. The number of carbonyl (C=O) groups is 1. The molecule has 0 saturated heterocycles. The van der Waals surface area contributed by atoms with Crippen molar-refractivity contribution in [1.29, 1.82) is 0 Å². The second-order valence-electron chi connectivity index (χ2n) is 4.99. The second kappa shape index (κ2) is 6.55. The molecule has 116 valence electrons. The minimum Gasteiger partial charge on any atom is -0.383 e. The van der Waals surface area contributed by atoms with Crippen LogP contribution in [0.5, 0.6) is 0 Å². The molecule has 0 bridgehead atoms.